The molecule has 0 spiro atoms. The molecule has 1 fully saturated rings. The second-order valence-corrected chi connectivity index (χ2v) is 4.66. The summed E-state index contributed by atoms with van der Waals surface area (Å²) < 4.78 is 11.0. The Bertz CT molecular complexity index is 185. The van der Waals surface area contributed by atoms with E-state index in [1.807, 2.05) is 0 Å². The molecule has 4 nitrogen and oxygen atoms in total. The van der Waals surface area contributed by atoms with Gasteiger partial charge in [0.25, 0.3) is 0 Å². The highest BCUT2D eigenvalue weighted by Gasteiger charge is 2.25. The van der Waals surface area contributed by atoms with Gasteiger partial charge in [-0.3, -0.25) is 0 Å². The van der Waals surface area contributed by atoms with E-state index in [0.717, 1.165) is 25.7 Å². The van der Waals surface area contributed by atoms with Crippen molar-refractivity contribution in [2.45, 2.75) is 50.4 Å². The maximum atomic E-state index is 9.70. The van der Waals surface area contributed by atoms with E-state index in [0.29, 0.717) is 12.7 Å². The zero-order valence-electron chi connectivity index (χ0n) is 9.74. The van der Waals surface area contributed by atoms with E-state index in [1.165, 1.54) is 0 Å². The van der Waals surface area contributed by atoms with E-state index < -0.39 is 5.60 Å². The Labute approximate surface area is 91.7 Å². The fourth-order valence-corrected chi connectivity index (χ4v) is 1.82. The maximum absolute atomic E-state index is 9.70. The number of methoxy groups -OCH3 is 1. The third kappa shape index (κ3) is 4.47. The number of hydrogen-bond donors (Lipinski definition) is 2. The lowest BCUT2D eigenvalue weighted by Crippen LogP contribution is -2.41. The standard InChI is InChI=1S/C11H23NO3/c1-11(13,7-12)8-15-10-5-3-4-9(6-10)14-2/h9-10,13H,3-8,12H2,1-2H3. The van der Waals surface area contributed by atoms with Crippen molar-refractivity contribution in [2.75, 3.05) is 20.3 Å². The van der Waals surface area contributed by atoms with Crippen LogP contribution >= 0.6 is 0 Å². The topological polar surface area (TPSA) is 64.7 Å². The van der Waals surface area contributed by atoms with Crippen molar-refractivity contribution in [3.05, 3.63) is 0 Å². The fourth-order valence-electron chi connectivity index (χ4n) is 1.82. The number of ether oxygens (including phenoxy) is 2. The zero-order chi connectivity index (χ0) is 11.3. The van der Waals surface area contributed by atoms with Gasteiger partial charge in [0.2, 0.25) is 0 Å². The lowest BCUT2D eigenvalue weighted by atomic mass is 9.94. The molecule has 3 N–H and O–H groups in total. The van der Waals surface area contributed by atoms with E-state index in [4.69, 9.17) is 15.2 Å². The van der Waals surface area contributed by atoms with Gasteiger partial charge in [-0.1, -0.05) is 0 Å². The average Bonchev–Trinajstić information content (AvgIpc) is 2.27. The monoisotopic (exact) mass is 217 g/mol. The molecule has 1 aliphatic rings. The van der Waals surface area contributed by atoms with Crippen molar-refractivity contribution >= 4 is 0 Å². The molecule has 1 aliphatic carbocycles. The van der Waals surface area contributed by atoms with E-state index >= 15 is 0 Å². The number of rotatable bonds is 5. The molecule has 90 valence electrons. The molecule has 1 rings (SSSR count). The fraction of sp³-hybridized carbons (Fsp3) is 1.00. The van der Waals surface area contributed by atoms with Crippen molar-refractivity contribution in [2.24, 2.45) is 5.73 Å². The van der Waals surface area contributed by atoms with Gasteiger partial charge in [0.05, 0.1) is 24.4 Å². The molecule has 1 saturated carbocycles. The Hall–Kier alpha value is -0.160. The summed E-state index contributed by atoms with van der Waals surface area (Å²) in [5.41, 5.74) is 4.52. The normalized spacial score (nSPS) is 31.2. The van der Waals surface area contributed by atoms with Gasteiger partial charge in [-0.25, -0.2) is 0 Å². The summed E-state index contributed by atoms with van der Waals surface area (Å²) >= 11 is 0. The van der Waals surface area contributed by atoms with Crippen LogP contribution in [0.25, 0.3) is 0 Å². The molecule has 3 unspecified atom stereocenters. The third-order valence-corrected chi connectivity index (χ3v) is 2.98. The van der Waals surface area contributed by atoms with E-state index in [2.05, 4.69) is 0 Å². The second-order valence-electron chi connectivity index (χ2n) is 4.66. The van der Waals surface area contributed by atoms with Crippen molar-refractivity contribution in [1.29, 1.82) is 0 Å². The number of aliphatic hydroxyl groups is 1. The minimum Gasteiger partial charge on any atom is -0.386 e. The Kier molecular flexibility index (Phi) is 4.99. The third-order valence-electron chi connectivity index (χ3n) is 2.98. The predicted molar refractivity (Wildman–Crippen MR) is 58.7 cm³/mol. The molecule has 0 heterocycles. The summed E-state index contributed by atoms with van der Waals surface area (Å²) in [6.07, 6.45) is 4.75. The minimum absolute atomic E-state index is 0.210. The van der Waals surface area contributed by atoms with Crippen LogP contribution in [0.1, 0.15) is 32.6 Å². The molecular weight excluding hydrogens is 194 g/mol. The quantitative estimate of drug-likeness (QED) is 0.710. The van der Waals surface area contributed by atoms with Crippen LogP contribution in [0.2, 0.25) is 0 Å². The molecule has 0 saturated heterocycles. The van der Waals surface area contributed by atoms with Gasteiger partial charge in [0.15, 0.2) is 0 Å². The molecule has 0 aromatic rings. The molecule has 0 aromatic heterocycles. The first-order valence-corrected chi connectivity index (χ1v) is 5.64. The Morgan fingerprint density at radius 1 is 1.40 bits per heavy atom. The molecule has 0 radical (unpaired) electrons. The highest BCUT2D eigenvalue weighted by molar-refractivity contribution is 4.77. The van der Waals surface area contributed by atoms with Crippen molar-refractivity contribution < 1.29 is 14.6 Å². The molecule has 4 heteroatoms. The predicted octanol–water partition coefficient (Wildman–Crippen LogP) is 0.670. The van der Waals surface area contributed by atoms with Gasteiger partial charge in [0.1, 0.15) is 0 Å². The van der Waals surface area contributed by atoms with Gasteiger partial charge in [-0.2, -0.15) is 0 Å². The van der Waals surface area contributed by atoms with Crippen molar-refractivity contribution in [1.82, 2.24) is 0 Å². The summed E-state index contributed by atoms with van der Waals surface area (Å²) in [5, 5.41) is 9.70. The molecule has 0 bridgehead atoms. The average molecular weight is 217 g/mol. The number of nitrogens with two attached hydrogens (primary N) is 1. The van der Waals surface area contributed by atoms with Gasteiger partial charge in [0, 0.05) is 13.7 Å². The Balaban J connectivity index is 2.26. The van der Waals surface area contributed by atoms with E-state index in [1.54, 1.807) is 14.0 Å². The zero-order valence-corrected chi connectivity index (χ0v) is 9.74. The molecule has 0 amide bonds. The first-order chi connectivity index (χ1) is 7.07. The van der Waals surface area contributed by atoms with E-state index in [-0.39, 0.29) is 12.6 Å². The van der Waals surface area contributed by atoms with Crippen LogP contribution in [-0.4, -0.2) is 43.2 Å². The van der Waals surface area contributed by atoms with Crippen molar-refractivity contribution in [3.8, 4) is 0 Å². The maximum Gasteiger partial charge on any atom is 0.0973 e. The molecule has 3 atom stereocenters. The summed E-state index contributed by atoms with van der Waals surface area (Å²) in [6, 6.07) is 0. The lowest BCUT2D eigenvalue weighted by Gasteiger charge is -2.31. The van der Waals surface area contributed by atoms with Gasteiger partial charge in [-0.15, -0.1) is 0 Å². The molecule has 15 heavy (non-hydrogen) atoms. The SMILES string of the molecule is COC1CCCC(OCC(C)(O)CN)C1. The van der Waals surface area contributed by atoms with Crippen LogP contribution in [0, 0.1) is 0 Å². The molecule has 0 aliphatic heterocycles. The van der Waals surface area contributed by atoms with Gasteiger partial charge < -0.3 is 20.3 Å². The lowest BCUT2D eigenvalue weighted by molar-refractivity contribution is -0.0853. The Morgan fingerprint density at radius 2 is 2.07 bits per heavy atom. The second kappa shape index (κ2) is 5.80. The van der Waals surface area contributed by atoms with Crippen LogP contribution in [0.3, 0.4) is 0 Å². The van der Waals surface area contributed by atoms with Crippen LogP contribution in [0.15, 0.2) is 0 Å². The number of hydrogen-bond acceptors (Lipinski definition) is 4. The van der Waals surface area contributed by atoms with Crippen molar-refractivity contribution in [3.63, 3.8) is 0 Å². The van der Waals surface area contributed by atoms with Crippen LogP contribution in [0.4, 0.5) is 0 Å². The highest BCUT2D eigenvalue weighted by Crippen LogP contribution is 2.23. The van der Waals surface area contributed by atoms with Crippen LogP contribution in [-0.2, 0) is 9.47 Å². The van der Waals surface area contributed by atoms with E-state index in [9.17, 15) is 5.11 Å². The Morgan fingerprint density at radius 3 is 2.67 bits per heavy atom. The van der Waals surface area contributed by atoms with Gasteiger partial charge >= 0.3 is 0 Å². The smallest absolute Gasteiger partial charge is 0.0973 e. The first kappa shape index (κ1) is 12.9. The van der Waals surface area contributed by atoms with Crippen LogP contribution in [0.5, 0.6) is 0 Å². The summed E-state index contributed by atoms with van der Waals surface area (Å²) in [6.45, 7) is 2.24. The highest BCUT2D eigenvalue weighted by atomic mass is 16.5. The summed E-state index contributed by atoms with van der Waals surface area (Å²) in [4.78, 5) is 0. The van der Waals surface area contributed by atoms with Crippen LogP contribution < -0.4 is 5.73 Å². The summed E-state index contributed by atoms with van der Waals surface area (Å²) in [7, 11) is 1.74. The molecular formula is C11H23NO3. The molecule has 0 aromatic carbocycles. The van der Waals surface area contributed by atoms with Gasteiger partial charge in [-0.05, 0) is 32.6 Å². The first-order valence-electron chi connectivity index (χ1n) is 5.64. The minimum atomic E-state index is -0.903. The largest absolute Gasteiger partial charge is 0.386 e. The summed E-state index contributed by atoms with van der Waals surface area (Å²) in [5.74, 6) is 0.